The van der Waals surface area contributed by atoms with Gasteiger partial charge in [0, 0.05) is 13.1 Å². The predicted molar refractivity (Wildman–Crippen MR) is 55.0 cm³/mol. The van der Waals surface area contributed by atoms with E-state index in [9.17, 15) is 4.79 Å². The zero-order valence-electron chi connectivity index (χ0n) is 8.96. The molecule has 0 bridgehead atoms. The molecule has 0 saturated heterocycles. The molecule has 0 unspecified atom stereocenters. The number of carbonyl (C=O) groups excluding carboxylic acids is 1. The summed E-state index contributed by atoms with van der Waals surface area (Å²) in [5.41, 5.74) is 6.05. The lowest BCUT2D eigenvalue weighted by Crippen LogP contribution is -2.32. The molecule has 14 heavy (non-hydrogen) atoms. The molecule has 1 amide bonds. The van der Waals surface area contributed by atoms with E-state index in [4.69, 9.17) is 5.73 Å². The minimum atomic E-state index is -0.180. The number of hydrogen-bond acceptors (Lipinski definition) is 3. The second kappa shape index (κ2) is 3.69. The van der Waals surface area contributed by atoms with Crippen LogP contribution in [-0.2, 0) is 7.05 Å². The van der Waals surface area contributed by atoms with Crippen molar-refractivity contribution < 1.29 is 4.79 Å². The Bertz CT molecular complexity index is 354. The molecule has 0 atom stereocenters. The number of hydrogen-bond donors (Lipinski definition) is 2. The number of nitrogens with one attached hydrogen (secondary N) is 1. The maximum Gasteiger partial charge on any atom is 0.271 e. The van der Waals surface area contributed by atoms with Crippen LogP contribution in [0.3, 0.4) is 0 Å². The van der Waals surface area contributed by atoms with Crippen LogP contribution in [0, 0.1) is 6.92 Å². The van der Waals surface area contributed by atoms with Crippen LogP contribution >= 0.6 is 0 Å². The fourth-order valence-electron chi connectivity index (χ4n) is 1.24. The van der Waals surface area contributed by atoms with Crippen LogP contribution in [0.25, 0.3) is 0 Å². The molecule has 0 aromatic carbocycles. The Kier molecular flexibility index (Phi) is 2.78. The summed E-state index contributed by atoms with van der Waals surface area (Å²) in [6.07, 6.45) is 0. The molecule has 0 aliphatic rings. The molecule has 0 radical (unpaired) electrons. The van der Waals surface area contributed by atoms with E-state index in [2.05, 4.69) is 10.3 Å². The molecule has 0 spiro atoms. The first-order valence-electron chi connectivity index (χ1n) is 4.53. The lowest BCUT2D eigenvalue weighted by molar-refractivity contribution is 0.0935. The molecular weight excluding hydrogens is 180 g/mol. The van der Waals surface area contributed by atoms with Crippen molar-refractivity contribution in [2.45, 2.75) is 26.8 Å². The molecule has 5 nitrogen and oxygen atoms in total. The van der Waals surface area contributed by atoms with Crippen LogP contribution in [0.2, 0.25) is 0 Å². The van der Waals surface area contributed by atoms with Gasteiger partial charge in [-0.1, -0.05) is 0 Å². The first-order chi connectivity index (χ1) is 6.43. The topological polar surface area (TPSA) is 72.9 Å². The third-order valence-corrected chi connectivity index (χ3v) is 1.98. The summed E-state index contributed by atoms with van der Waals surface area (Å²) in [6, 6.07) is 0.0945. The van der Waals surface area contributed by atoms with Crippen LogP contribution in [-0.4, -0.2) is 21.5 Å². The summed E-state index contributed by atoms with van der Waals surface area (Å²) < 4.78 is 1.69. The van der Waals surface area contributed by atoms with E-state index < -0.39 is 0 Å². The van der Waals surface area contributed by atoms with Gasteiger partial charge >= 0.3 is 0 Å². The van der Waals surface area contributed by atoms with E-state index in [-0.39, 0.29) is 17.8 Å². The highest BCUT2D eigenvalue weighted by Gasteiger charge is 2.17. The van der Waals surface area contributed by atoms with Gasteiger partial charge in [-0.25, -0.2) is 4.98 Å². The summed E-state index contributed by atoms with van der Waals surface area (Å²) in [5, 5.41) is 2.77. The number of amides is 1. The van der Waals surface area contributed by atoms with Gasteiger partial charge in [0.15, 0.2) is 11.5 Å². The monoisotopic (exact) mass is 196 g/mol. The van der Waals surface area contributed by atoms with Crippen molar-refractivity contribution in [3.63, 3.8) is 0 Å². The zero-order chi connectivity index (χ0) is 10.9. The van der Waals surface area contributed by atoms with Gasteiger partial charge in [0.05, 0.1) is 0 Å². The summed E-state index contributed by atoms with van der Waals surface area (Å²) in [6.45, 7) is 5.61. The van der Waals surface area contributed by atoms with Gasteiger partial charge in [-0.15, -0.1) is 0 Å². The Morgan fingerprint density at radius 1 is 1.57 bits per heavy atom. The standard InChI is InChI=1S/C9H16N4O/c1-5(2)11-9(14)7-8(10)12-6(3)13(7)4/h5H,10H2,1-4H3,(H,11,14). The quantitative estimate of drug-likeness (QED) is 0.721. The van der Waals surface area contributed by atoms with Gasteiger partial charge in [-0.05, 0) is 20.8 Å². The van der Waals surface area contributed by atoms with Crippen molar-refractivity contribution in [2.24, 2.45) is 7.05 Å². The van der Waals surface area contributed by atoms with Gasteiger partial charge < -0.3 is 15.6 Å². The molecule has 5 heteroatoms. The summed E-state index contributed by atoms with van der Waals surface area (Å²) in [5.74, 6) is 0.833. The van der Waals surface area contributed by atoms with Gasteiger partial charge in [0.25, 0.3) is 5.91 Å². The molecule has 1 aromatic heterocycles. The van der Waals surface area contributed by atoms with Crippen molar-refractivity contribution in [3.05, 3.63) is 11.5 Å². The Balaban J connectivity index is 3.00. The Labute approximate surface area is 83.3 Å². The molecule has 0 fully saturated rings. The summed E-state index contributed by atoms with van der Waals surface area (Å²) >= 11 is 0. The smallest absolute Gasteiger partial charge is 0.271 e. The fourth-order valence-corrected chi connectivity index (χ4v) is 1.24. The van der Waals surface area contributed by atoms with Crippen LogP contribution in [0.5, 0.6) is 0 Å². The van der Waals surface area contributed by atoms with E-state index in [1.165, 1.54) is 0 Å². The van der Waals surface area contributed by atoms with Crippen LogP contribution in [0.15, 0.2) is 0 Å². The van der Waals surface area contributed by atoms with Crippen LogP contribution in [0.4, 0.5) is 5.82 Å². The SMILES string of the molecule is Cc1nc(N)c(C(=O)NC(C)C)n1C. The van der Waals surface area contributed by atoms with E-state index in [1.54, 1.807) is 11.6 Å². The normalized spacial score (nSPS) is 10.6. The zero-order valence-corrected chi connectivity index (χ0v) is 8.96. The second-order valence-electron chi connectivity index (χ2n) is 3.58. The predicted octanol–water partition coefficient (Wildman–Crippen LogP) is 0.449. The molecule has 3 N–H and O–H groups in total. The van der Waals surface area contributed by atoms with Crippen molar-refractivity contribution in [1.29, 1.82) is 0 Å². The molecule has 78 valence electrons. The molecule has 0 aliphatic carbocycles. The third kappa shape index (κ3) is 1.86. The highest BCUT2D eigenvalue weighted by atomic mass is 16.2. The fraction of sp³-hybridized carbons (Fsp3) is 0.556. The van der Waals surface area contributed by atoms with E-state index in [1.807, 2.05) is 20.8 Å². The van der Waals surface area contributed by atoms with Crippen molar-refractivity contribution in [1.82, 2.24) is 14.9 Å². The van der Waals surface area contributed by atoms with Crippen molar-refractivity contribution in [2.75, 3.05) is 5.73 Å². The number of aryl methyl sites for hydroxylation is 1. The van der Waals surface area contributed by atoms with E-state index >= 15 is 0 Å². The lowest BCUT2D eigenvalue weighted by atomic mass is 10.3. The largest absolute Gasteiger partial charge is 0.382 e. The van der Waals surface area contributed by atoms with Gasteiger partial charge in [-0.3, -0.25) is 4.79 Å². The number of imidazole rings is 1. The maximum absolute atomic E-state index is 11.7. The Hall–Kier alpha value is -1.52. The van der Waals surface area contributed by atoms with Gasteiger partial charge in [0.2, 0.25) is 0 Å². The van der Waals surface area contributed by atoms with E-state index in [0.717, 1.165) is 5.82 Å². The minimum absolute atomic E-state index is 0.0945. The number of nitrogens with zero attached hydrogens (tertiary/aromatic N) is 2. The number of aromatic nitrogens is 2. The highest BCUT2D eigenvalue weighted by molar-refractivity contribution is 5.97. The number of anilines is 1. The average Bonchev–Trinajstić information content (AvgIpc) is 2.25. The molecular formula is C9H16N4O. The average molecular weight is 196 g/mol. The van der Waals surface area contributed by atoms with E-state index in [0.29, 0.717) is 5.69 Å². The summed E-state index contributed by atoms with van der Waals surface area (Å²) in [7, 11) is 1.77. The molecule has 1 heterocycles. The maximum atomic E-state index is 11.7. The van der Waals surface area contributed by atoms with Crippen LogP contribution < -0.4 is 11.1 Å². The molecule has 1 rings (SSSR count). The molecule has 0 aliphatic heterocycles. The first-order valence-corrected chi connectivity index (χ1v) is 4.53. The Morgan fingerprint density at radius 2 is 2.14 bits per heavy atom. The second-order valence-corrected chi connectivity index (χ2v) is 3.58. The summed E-state index contributed by atoms with van der Waals surface area (Å²) in [4.78, 5) is 15.7. The van der Waals surface area contributed by atoms with Crippen LogP contribution in [0.1, 0.15) is 30.2 Å². The molecule has 0 saturated carbocycles. The van der Waals surface area contributed by atoms with Crippen molar-refractivity contribution >= 4 is 11.7 Å². The van der Waals surface area contributed by atoms with Gasteiger partial charge in [-0.2, -0.15) is 0 Å². The third-order valence-electron chi connectivity index (χ3n) is 1.98. The first kappa shape index (κ1) is 10.6. The number of nitrogens with two attached hydrogens (primary N) is 1. The molecule has 1 aromatic rings. The van der Waals surface area contributed by atoms with Crippen molar-refractivity contribution in [3.8, 4) is 0 Å². The highest BCUT2D eigenvalue weighted by Crippen LogP contribution is 2.11. The number of carbonyl (C=O) groups is 1. The van der Waals surface area contributed by atoms with Gasteiger partial charge in [0.1, 0.15) is 5.82 Å². The number of rotatable bonds is 2. The minimum Gasteiger partial charge on any atom is -0.382 e. The number of nitrogen functional groups attached to an aromatic ring is 1. The Morgan fingerprint density at radius 3 is 2.50 bits per heavy atom. The lowest BCUT2D eigenvalue weighted by Gasteiger charge is -2.09.